The van der Waals surface area contributed by atoms with Crippen molar-refractivity contribution < 1.29 is 9.53 Å². The van der Waals surface area contributed by atoms with Crippen molar-refractivity contribution >= 4 is 11.5 Å². The molecule has 0 saturated carbocycles. The van der Waals surface area contributed by atoms with Crippen molar-refractivity contribution in [1.29, 1.82) is 0 Å². The lowest BCUT2D eigenvalue weighted by Gasteiger charge is -2.30. The van der Waals surface area contributed by atoms with Crippen LogP contribution in [0.2, 0.25) is 0 Å². The minimum Gasteiger partial charge on any atom is -0.457 e. The molecule has 4 aromatic rings. The zero-order valence-corrected chi connectivity index (χ0v) is 21.9. The lowest BCUT2D eigenvalue weighted by atomic mass is 9.87. The van der Waals surface area contributed by atoms with Gasteiger partial charge >= 0.3 is 0 Å². The van der Waals surface area contributed by atoms with E-state index in [0.717, 1.165) is 61.7 Å². The average Bonchev–Trinajstić information content (AvgIpc) is 3.59. The van der Waals surface area contributed by atoms with Crippen molar-refractivity contribution in [2.24, 2.45) is 11.7 Å². The number of hydrogen-bond acceptors (Lipinski definition) is 5. The molecule has 1 aromatic heterocycles. The Bertz CT molecular complexity index is 1460. The number of nitrogens with one attached hydrogen (secondary N) is 1. The van der Waals surface area contributed by atoms with Gasteiger partial charge in [0.2, 0.25) is 0 Å². The van der Waals surface area contributed by atoms with E-state index in [2.05, 4.69) is 41.2 Å². The largest absolute Gasteiger partial charge is 0.457 e. The molecule has 0 radical (unpaired) electrons. The van der Waals surface area contributed by atoms with Gasteiger partial charge in [-0.2, -0.15) is 0 Å². The van der Waals surface area contributed by atoms with Crippen molar-refractivity contribution in [2.45, 2.75) is 18.8 Å². The monoisotopic (exact) mass is 519 g/mol. The first-order valence-electron chi connectivity index (χ1n) is 13.5. The van der Waals surface area contributed by atoms with Crippen molar-refractivity contribution in [3.63, 3.8) is 0 Å². The Balaban J connectivity index is 1.22. The Hall–Kier alpha value is -4.36. The number of carbonyl (C=O) groups is 1. The lowest BCUT2D eigenvalue weighted by molar-refractivity contribution is 0.0992. The molecule has 3 aromatic carbocycles. The van der Waals surface area contributed by atoms with Crippen molar-refractivity contribution in [3.8, 4) is 22.8 Å². The predicted octanol–water partition coefficient (Wildman–Crippen LogP) is 5.51. The quantitative estimate of drug-likeness (QED) is 0.321. The molecule has 1 saturated heterocycles. The van der Waals surface area contributed by atoms with E-state index >= 15 is 0 Å². The number of aromatic nitrogens is 2. The number of amides is 1. The molecule has 2 unspecified atom stereocenters. The second kappa shape index (κ2) is 10.8. The number of fused-ring (bicyclic) bond motifs is 1. The lowest BCUT2D eigenvalue weighted by Crippen LogP contribution is -2.35. The molecule has 0 aliphatic carbocycles. The van der Waals surface area contributed by atoms with Crippen LogP contribution in [0, 0.1) is 5.92 Å². The number of carbonyl (C=O) groups excluding carboxylic acids is 1. The number of rotatable bonds is 8. The Morgan fingerprint density at radius 1 is 0.974 bits per heavy atom. The van der Waals surface area contributed by atoms with Crippen LogP contribution in [-0.2, 0) is 0 Å². The van der Waals surface area contributed by atoms with E-state index in [1.165, 1.54) is 5.56 Å². The number of imidazole rings is 1. The molecule has 2 atom stereocenters. The smallest absolute Gasteiger partial charge is 0.269 e. The SMILES string of the molecule is C=C(CN1CCC(C2CCNn3c2nc(-c2ccc(Oc4ccccc4)cc2)c3C(N)=O)C1)c1ccccc1. The van der Waals surface area contributed by atoms with Crippen LogP contribution < -0.4 is 15.9 Å². The van der Waals surface area contributed by atoms with E-state index in [-0.39, 0.29) is 5.92 Å². The number of benzene rings is 3. The van der Waals surface area contributed by atoms with Crippen LogP contribution in [0.5, 0.6) is 11.5 Å². The summed E-state index contributed by atoms with van der Waals surface area (Å²) in [6, 6.07) is 27.7. The Morgan fingerprint density at radius 3 is 2.38 bits per heavy atom. The summed E-state index contributed by atoms with van der Waals surface area (Å²) >= 11 is 0. The summed E-state index contributed by atoms with van der Waals surface area (Å²) < 4.78 is 7.78. The molecule has 2 aliphatic heterocycles. The summed E-state index contributed by atoms with van der Waals surface area (Å²) in [5.41, 5.74) is 13.4. The van der Waals surface area contributed by atoms with Crippen LogP contribution in [0.4, 0.5) is 0 Å². The summed E-state index contributed by atoms with van der Waals surface area (Å²) in [5.74, 6) is 2.58. The molecule has 7 heteroatoms. The second-order valence-electron chi connectivity index (χ2n) is 10.4. The van der Waals surface area contributed by atoms with Gasteiger partial charge < -0.3 is 15.9 Å². The van der Waals surface area contributed by atoms with Gasteiger partial charge in [-0.1, -0.05) is 55.1 Å². The Labute approximate surface area is 228 Å². The number of ether oxygens (including phenoxy) is 1. The van der Waals surface area contributed by atoms with Gasteiger partial charge in [0.1, 0.15) is 23.0 Å². The third kappa shape index (κ3) is 5.18. The zero-order chi connectivity index (χ0) is 26.8. The van der Waals surface area contributed by atoms with Crippen molar-refractivity contribution in [1.82, 2.24) is 14.6 Å². The molecule has 0 bridgehead atoms. The van der Waals surface area contributed by atoms with Gasteiger partial charge in [0, 0.05) is 31.1 Å². The standard InChI is InChI=1S/C32H33N5O2/c1-22(23-8-4-2-5-9-23)20-36-19-17-25(21-36)28-16-18-34-37-30(31(33)38)29(35-32(28)37)24-12-14-27(15-13-24)39-26-10-6-3-7-11-26/h2-15,25,28,34H,1,16-21H2,(H2,33,38). The third-order valence-corrected chi connectivity index (χ3v) is 7.77. The minimum atomic E-state index is -0.492. The zero-order valence-electron chi connectivity index (χ0n) is 21.9. The van der Waals surface area contributed by atoms with Gasteiger partial charge in [-0.25, -0.2) is 9.66 Å². The number of nitrogens with two attached hydrogens (primary N) is 1. The maximum absolute atomic E-state index is 12.7. The molecule has 0 spiro atoms. The maximum Gasteiger partial charge on any atom is 0.269 e. The molecule has 1 amide bonds. The highest BCUT2D eigenvalue weighted by atomic mass is 16.5. The van der Waals surface area contributed by atoms with Crippen LogP contribution in [0.15, 0.2) is 91.5 Å². The molecular weight excluding hydrogens is 486 g/mol. The molecule has 7 nitrogen and oxygen atoms in total. The molecule has 3 heterocycles. The van der Waals surface area contributed by atoms with E-state index in [1.54, 1.807) is 0 Å². The number of para-hydroxylation sites is 1. The van der Waals surface area contributed by atoms with Gasteiger partial charge in [0.25, 0.3) is 5.91 Å². The highest BCUT2D eigenvalue weighted by Gasteiger charge is 2.37. The Morgan fingerprint density at radius 2 is 1.67 bits per heavy atom. The van der Waals surface area contributed by atoms with Crippen LogP contribution in [0.1, 0.15) is 40.6 Å². The first kappa shape index (κ1) is 24.9. The first-order valence-corrected chi connectivity index (χ1v) is 13.5. The number of primary amides is 1. The number of hydrogen-bond donors (Lipinski definition) is 2. The fraction of sp³-hybridized carbons (Fsp3) is 0.250. The summed E-state index contributed by atoms with van der Waals surface area (Å²) in [7, 11) is 0. The second-order valence-corrected chi connectivity index (χ2v) is 10.4. The third-order valence-electron chi connectivity index (χ3n) is 7.77. The average molecular weight is 520 g/mol. The van der Waals surface area contributed by atoms with E-state index in [0.29, 0.717) is 23.1 Å². The minimum absolute atomic E-state index is 0.244. The van der Waals surface area contributed by atoms with Gasteiger partial charge in [-0.3, -0.25) is 9.69 Å². The molecule has 6 rings (SSSR count). The molecule has 3 N–H and O–H groups in total. The predicted molar refractivity (Wildman–Crippen MR) is 154 cm³/mol. The van der Waals surface area contributed by atoms with Gasteiger partial charge in [-0.15, -0.1) is 0 Å². The topological polar surface area (TPSA) is 85.4 Å². The van der Waals surface area contributed by atoms with Crippen molar-refractivity contribution in [2.75, 3.05) is 31.6 Å². The van der Waals surface area contributed by atoms with Gasteiger partial charge in [-0.05, 0) is 72.8 Å². The molecule has 198 valence electrons. The van der Waals surface area contributed by atoms with Crippen LogP contribution in [0.3, 0.4) is 0 Å². The van der Waals surface area contributed by atoms with E-state index < -0.39 is 5.91 Å². The molecule has 39 heavy (non-hydrogen) atoms. The molecular formula is C32H33N5O2. The van der Waals surface area contributed by atoms with Crippen molar-refractivity contribution in [3.05, 3.63) is 109 Å². The number of likely N-dealkylation sites (tertiary alicyclic amines) is 1. The van der Waals surface area contributed by atoms with Crippen LogP contribution in [0.25, 0.3) is 16.8 Å². The summed E-state index contributed by atoms with van der Waals surface area (Å²) in [4.78, 5) is 20.2. The fourth-order valence-corrected chi connectivity index (χ4v) is 5.86. The van der Waals surface area contributed by atoms with E-state index in [4.69, 9.17) is 15.5 Å². The summed E-state index contributed by atoms with van der Waals surface area (Å²) in [5, 5.41) is 0. The summed E-state index contributed by atoms with van der Waals surface area (Å²) in [6.45, 7) is 7.97. The fourth-order valence-electron chi connectivity index (χ4n) is 5.86. The maximum atomic E-state index is 12.7. The summed E-state index contributed by atoms with van der Waals surface area (Å²) in [6.07, 6.45) is 2.06. The van der Waals surface area contributed by atoms with Gasteiger partial charge in [0.05, 0.1) is 0 Å². The highest BCUT2D eigenvalue weighted by molar-refractivity contribution is 5.97. The van der Waals surface area contributed by atoms with E-state index in [1.807, 2.05) is 65.3 Å². The van der Waals surface area contributed by atoms with Crippen LogP contribution >= 0.6 is 0 Å². The number of nitrogens with zero attached hydrogens (tertiary/aromatic N) is 3. The normalized spacial score (nSPS) is 18.8. The van der Waals surface area contributed by atoms with Crippen LogP contribution in [-0.4, -0.2) is 46.6 Å². The first-order chi connectivity index (χ1) is 19.1. The van der Waals surface area contributed by atoms with Gasteiger partial charge in [0.15, 0.2) is 5.69 Å². The Kier molecular flexibility index (Phi) is 6.90. The molecule has 2 aliphatic rings. The highest BCUT2D eigenvalue weighted by Crippen LogP contribution is 2.39. The van der Waals surface area contributed by atoms with E-state index in [9.17, 15) is 4.79 Å². The molecule has 1 fully saturated rings.